The molecule has 0 unspecified atom stereocenters. The van der Waals surface area contributed by atoms with Crippen LogP contribution >= 0.6 is 22.7 Å². The minimum Gasteiger partial charge on any atom is -0.134 e. The lowest BCUT2D eigenvalue weighted by Gasteiger charge is -2.17. The number of hydrogen-bond acceptors (Lipinski definition) is 2. The Bertz CT molecular complexity index is 1930. The van der Waals surface area contributed by atoms with Crippen molar-refractivity contribution in [3.8, 4) is 23.7 Å². The van der Waals surface area contributed by atoms with Gasteiger partial charge in [0.2, 0.25) is 0 Å². The number of hydrogen-bond donors (Lipinski definition) is 0. The second-order valence-electron chi connectivity index (χ2n) is 8.86. The summed E-state index contributed by atoms with van der Waals surface area (Å²) >= 11 is 3.54. The number of fused-ring (bicyclic) bond motifs is 6. The maximum atomic E-state index is 4.06. The van der Waals surface area contributed by atoms with Gasteiger partial charge in [-0.25, -0.2) is 0 Å². The number of benzene rings is 3. The topological polar surface area (TPSA) is 0 Å². The first-order chi connectivity index (χ1) is 18.6. The Labute approximate surface area is 232 Å². The van der Waals surface area contributed by atoms with Crippen LogP contribution in [-0.2, 0) is 0 Å². The van der Waals surface area contributed by atoms with Crippen LogP contribution < -0.4 is 0 Å². The van der Waals surface area contributed by atoms with Gasteiger partial charge in [0.15, 0.2) is 0 Å². The molecular formula is C36H26S2. The molecule has 0 aliphatic carbocycles. The molecule has 0 N–H and O–H groups in total. The van der Waals surface area contributed by atoms with E-state index in [1.807, 2.05) is 24.3 Å². The molecule has 0 atom stereocenters. The van der Waals surface area contributed by atoms with Crippen LogP contribution in [0.15, 0.2) is 123 Å². The van der Waals surface area contributed by atoms with Crippen molar-refractivity contribution in [3.05, 3.63) is 135 Å². The third-order valence-corrected chi connectivity index (χ3v) is 9.00. The van der Waals surface area contributed by atoms with Gasteiger partial charge in [0.05, 0.1) is 25.9 Å². The average Bonchev–Trinajstić information content (AvgIpc) is 3.53. The van der Waals surface area contributed by atoms with Crippen molar-refractivity contribution < 1.29 is 0 Å². The highest BCUT2D eigenvalue weighted by Gasteiger charge is 2.22. The molecule has 5 aromatic rings. The fraction of sp³-hybridized carbons (Fsp3) is 0.0556. The molecule has 0 spiro atoms. The first-order valence-corrected chi connectivity index (χ1v) is 13.9. The fourth-order valence-electron chi connectivity index (χ4n) is 4.65. The van der Waals surface area contributed by atoms with Gasteiger partial charge in [-0.2, -0.15) is 0 Å². The van der Waals surface area contributed by atoms with E-state index in [0.717, 1.165) is 36.9 Å². The molecule has 0 radical (unpaired) electrons. The molecule has 0 saturated carbocycles. The highest BCUT2D eigenvalue weighted by Crippen LogP contribution is 2.47. The number of thiophene rings is 2. The Hall–Kier alpha value is -4.34. The largest absolute Gasteiger partial charge is 0.134 e. The molecule has 0 amide bonds. The molecule has 3 aromatic carbocycles. The molecule has 2 heterocycles. The van der Waals surface area contributed by atoms with Gasteiger partial charge in [-0.15, -0.1) is 42.4 Å². The van der Waals surface area contributed by atoms with Gasteiger partial charge in [0, 0.05) is 36.5 Å². The molecule has 2 heteroatoms. The standard InChI is InChI=1S/C36H26S2/c1-6-15-25(8-3)20-21-28-32-26-16-11-13-18-30(26)38-35(32)29(22-24-36(9-4,10-5)23-7-2)33-27-17-12-14-19-31(27)37-34(28)33/h6-19H,1-5,23H2/b25-15+. The molecule has 0 aliphatic rings. The van der Waals surface area contributed by atoms with Crippen LogP contribution in [0.1, 0.15) is 17.5 Å². The zero-order valence-corrected chi connectivity index (χ0v) is 22.8. The fourth-order valence-corrected chi connectivity index (χ4v) is 7.08. The molecule has 5 rings (SSSR count). The molecule has 2 aromatic heterocycles. The van der Waals surface area contributed by atoms with Crippen molar-refractivity contribution in [2.75, 3.05) is 0 Å². The Morgan fingerprint density at radius 2 is 1.32 bits per heavy atom. The zero-order chi connectivity index (χ0) is 26.7. The van der Waals surface area contributed by atoms with Crippen molar-refractivity contribution in [2.45, 2.75) is 6.42 Å². The van der Waals surface area contributed by atoms with Gasteiger partial charge in [0.1, 0.15) is 0 Å². The Kier molecular flexibility index (Phi) is 7.04. The Morgan fingerprint density at radius 1 is 0.763 bits per heavy atom. The summed E-state index contributed by atoms with van der Waals surface area (Å²) in [5.74, 6) is 14.0. The lowest BCUT2D eigenvalue weighted by Crippen LogP contribution is -2.10. The number of allylic oxidation sites excluding steroid dienone is 7. The van der Waals surface area contributed by atoms with Crippen LogP contribution in [0.5, 0.6) is 0 Å². The summed E-state index contributed by atoms with van der Waals surface area (Å²) < 4.78 is 4.72. The lowest BCUT2D eigenvalue weighted by molar-refractivity contribution is 0.674. The molecule has 0 saturated heterocycles. The molecule has 0 aliphatic heterocycles. The second kappa shape index (κ2) is 10.6. The van der Waals surface area contributed by atoms with Crippen LogP contribution in [-0.4, -0.2) is 0 Å². The van der Waals surface area contributed by atoms with Crippen LogP contribution in [0.2, 0.25) is 0 Å². The van der Waals surface area contributed by atoms with Crippen LogP contribution in [0.25, 0.3) is 40.3 Å². The van der Waals surface area contributed by atoms with Crippen molar-refractivity contribution >= 4 is 63.0 Å². The van der Waals surface area contributed by atoms with E-state index in [1.165, 1.54) is 20.2 Å². The van der Waals surface area contributed by atoms with Crippen LogP contribution in [0.4, 0.5) is 0 Å². The first kappa shape index (κ1) is 25.3. The zero-order valence-electron chi connectivity index (χ0n) is 21.1. The predicted molar refractivity (Wildman–Crippen MR) is 172 cm³/mol. The van der Waals surface area contributed by atoms with E-state index in [-0.39, 0.29) is 0 Å². The minimum absolute atomic E-state index is 0.546. The highest BCUT2D eigenvalue weighted by atomic mass is 32.1. The van der Waals surface area contributed by atoms with E-state index < -0.39 is 5.41 Å². The van der Waals surface area contributed by atoms with Crippen molar-refractivity contribution in [3.63, 3.8) is 0 Å². The average molecular weight is 523 g/mol. The molecule has 182 valence electrons. The number of rotatable bonds is 6. The summed E-state index contributed by atoms with van der Waals surface area (Å²) in [5.41, 5.74) is 2.34. The molecule has 38 heavy (non-hydrogen) atoms. The van der Waals surface area contributed by atoms with Crippen LogP contribution in [0.3, 0.4) is 0 Å². The van der Waals surface area contributed by atoms with E-state index in [1.54, 1.807) is 34.8 Å². The highest BCUT2D eigenvalue weighted by molar-refractivity contribution is 7.28. The molecule has 0 bridgehead atoms. The van der Waals surface area contributed by atoms with E-state index in [0.29, 0.717) is 6.42 Å². The molecule has 0 nitrogen and oxygen atoms in total. The molecule has 0 fully saturated rings. The summed E-state index contributed by atoms with van der Waals surface area (Å²) in [4.78, 5) is 0. The smallest absolute Gasteiger partial charge is 0.0706 e. The third kappa shape index (κ3) is 4.25. The summed E-state index contributed by atoms with van der Waals surface area (Å²) in [7, 11) is 0. The SMILES string of the molecule is C=C/C=C(/C#Cc1c2sc3ccccc3c2c(C#CC(C=C)(C=C)CC=C)c2sc3ccccc3c12)C=C. The van der Waals surface area contributed by atoms with E-state index in [9.17, 15) is 0 Å². The normalized spacial score (nSPS) is 11.5. The summed E-state index contributed by atoms with van der Waals surface area (Å²) in [6.45, 7) is 19.8. The van der Waals surface area contributed by atoms with Crippen molar-refractivity contribution in [1.29, 1.82) is 0 Å². The van der Waals surface area contributed by atoms with E-state index >= 15 is 0 Å². The summed E-state index contributed by atoms with van der Waals surface area (Å²) in [6.07, 6.45) is 11.6. The van der Waals surface area contributed by atoms with Gasteiger partial charge in [-0.3, -0.25) is 0 Å². The maximum Gasteiger partial charge on any atom is 0.0706 e. The van der Waals surface area contributed by atoms with Gasteiger partial charge >= 0.3 is 0 Å². The first-order valence-electron chi connectivity index (χ1n) is 12.3. The monoisotopic (exact) mass is 522 g/mol. The quantitative estimate of drug-likeness (QED) is 0.118. The van der Waals surface area contributed by atoms with Crippen molar-refractivity contribution in [1.82, 2.24) is 0 Å². The predicted octanol–water partition coefficient (Wildman–Crippen LogP) is 10.4. The van der Waals surface area contributed by atoms with Gasteiger partial charge in [-0.1, -0.05) is 104 Å². The Balaban J connectivity index is 2.01. The summed E-state index contributed by atoms with van der Waals surface area (Å²) in [6, 6.07) is 17.0. The van der Waals surface area contributed by atoms with Gasteiger partial charge in [0.25, 0.3) is 0 Å². The Morgan fingerprint density at radius 3 is 1.82 bits per heavy atom. The van der Waals surface area contributed by atoms with Crippen molar-refractivity contribution in [2.24, 2.45) is 5.41 Å². The summed E-state index contributed by atoms with van der Waals surface area (Å²) in [5, 5.41) is 4.68. The second-order valence-corrected chi connectivity index (χ2v) is 11.0. The van der Waals surface area contributed by atoms with E-state index in [2.05, 4.69) is 105 Å². The van der Waals surface area contributed by atoms with Gasteiger partial charge in [-0.05, 0) is 24.6 Å². The minimum atomic E-state index is -0.546. The third-order valence-electron chi connectivity index (χ3n) is 6.63. The maximum absolute atomic E-state index is 4.06. The molecular weight excluding hydrogens is 497 g/mol. The lowest BCUT2D eigenvalue weighted by atomic mass is 9.85. The van der Waals surface area contributed by atoms with Gasteiger partial charge < -0.3 is 0 Å². The van der Waals surface area contributed by atoms with Crippen LogP contribution in [0, 0.1) is 29.1 Å². The van der Waals surface area contributed by atoms with E-state index in [4.69, 9.17) is 0 Å².